The summed E-state index contributed by atoms with van der Waals surface area (Å²) in [5, 5.41) is 0. The van der Waals surface area contributed by atoms with Crippen molar-refractivity contribution >= 4 is 17.9 Å². The van der Waals surface area contributed by atoms with Gasteiger partial charge in [0, 0.05) is 36.7 Å². The summed E-state index contributed by atoms with van der Waals surface area (Å²) in [5.74, 6) is 0. The summed E-state index contributed by atoms with van der Waals surface area (Å²) in [6.45, 7) is 3.37. The van der Waals surface area contributed by atoms with E-state index in [4.69, 9.17) is 17.0 Å². The number of H-pyrrole nitrogens is 1. The van der Waals surface area contributed by atoms with Gasteiger partial charge in [0.25, 0.3) is 5.56 Å². The molecule has 1 fully saturated rings. The van der Waals surface area contributed by atoms with Crippen molar-refractivity contribution in [3.05, 3.63) is 51.7 Å². The molecule has 20 heavy (non-hydrogen) atoms. The van der Waals surface area contributed by atoms with Gasteiger partial charge in [0.05, 0.1) is 13.2 Å². The summed E-state index contributed by atoms with van der Waals surface area (Å²) >= 11 is 5.16. The van der Waals surface area contributed by atoms with Crippen LogP contribution in [0.4, 0.5) is 5.69 Å². The van der Waals surface area contributed by atoms with Crippen molar-refractivity contribution in [1.29, 1.82) is 0 Å². The van der Waals surface area contributed by atoms with Gasteiger partial charge in [0.15, 0.2) is 4.77 Å². The number of aromatic amines is 1. The maximum absolute atomic E-state index is 11.2. The molecule has 2 heterocycles. The molecule has 1 aromatic carbocycles. The highest BCUT2D eigenvalue weighted by Gasteiger charge is 2.10. The second-order valence-electron chi connectivity index (χ2n) is 4.60. The van der Waals surface area contributed by atoms with Crippen molar-refractivity contribution in [2.75, 3.05) is 31.2 Å². The van der Waals surface area contributed by atoms with Crippen molar-refractivity contribution in [2.45, 2.75) is 0 Å². The SMILES string of the molecule is O=c1ccn(-c2ccc(N3CCOCC3)cc2)c(=S)[nH]1. The number of nitrogens with zero attached hydrogens (tertiary/aromatic N) is 2. The first-order chi connectivity index (χ1) is 9.74. The maximum Gasteiger partial charge on any atom is 0.251 e. The van der Waals surface area contributed by atoms with E-state index in [1.165, 1.54) is 11.8 Å². The average Bonchev–Trinajstić information content (AvgIpc) is 2.48. The highest BCUT2D eigenvalue weighted by atomic mass is 32.1. The molecule has 0 aliphatic carbocycles. The van der Waals surface area contributed by atoms with E-state index in [0.717, 1.165) is 32.0 Å². The molecule has 0 radical (unpaired) electrons. The number of ether oxygens (including phenoxy) is 1. The van der Waals surface area contributed by atoms with Crippen LogP contribution in [0.15, 0.2) is 41.3 Å². The zero-order chi connectivity index (χ0) is 13.9. The molecule has 0 amide bonds. The number of rotatable bonds is 2. The Morgan fingerprint density at radius 3 is 2.35 bits per heavy atom. The van der Waals surface area contributed by atoms with Crippen LogP contribution < -0.4 is 10.5 Å². The molecular formula is C14H15N3O2S. The zero-order valence-corrected chi connectivity index (χ0v) is 11.7. The monoisotopic (exact) mass is 289 g/mol. The molecule has 1 aromatic heterocycles. The molecule has 5 nitrogen and oxygen atoms in total. The van der Waals surface area contributed by atoms with Crippen LogP contribution in [0.2, 0.25) is 0 Å². The van der Waals surface area contributed by atoms with Crippen LogP contribution in [-0.2, 0) is 4.74 Å². The Bertz CT molecular complexity index is 699. The highest BCUT2D eigenvalue weighted by molar-refractivity contribution is 7.71. The van der Waals surface area contributed by atoms with Gasteiger partial charge < -0.3 is 9.64 Å². The number of hydrogen-bond acceptors (Lipinski definition) is 4. The molecular weight excluding hydrogens is 274 g/mol. The molecule has 3 rings (SSSR count). The van der Waals surface area contributed by atoms with E-state index < -0.39 is 0 Å². The normalized spacial score (nSPS) is 15.3. The van der Waals surface area contributed by atoms with E-state index in [0.29, 0.717) is 4.77 Å². The molecule has 0 atom stereocenters. The van der Waals surface area contributed by atoms with Crippen LogP contribution in [0.5, 0.6) is 0 Å². The van der Waals surface area contributed by atoms with E-state index in [2.05, 4.69) is 22.0 Å². The van der Waals surface area contributed by atoms with Crippen molar-refractivity contribution in [3.8, 4) is 5.69 Å². The summed E-state index contributed by atoms with van der Waals surface area (Å²) in [7, 11) is 0. The third-order valence-electron chi connectivity index (χ3n) is 3.33. The summed E-state index contributed by atoms with van der Waals surface area (Å²) in [6, 6.07) is 9.59. The van der Waals surface area contributed by atoms with E-state index in [1.807, 2.05) is 12.1 Å². The maximum atomic E-state index is 11.2. The highest BCUT2D eigenvalue weighted by Crippen LogP contribution is 2.18. The minimum absolute atomic E-state index is 0.184. The van der Waals surface area contributed by atoms with Gasteiger partial charge in [-0.1, -0.05) is 0 Å². The average molecular weight is 289 g/mol. The second-order valence-corrected chi connectivity index (χ2v) is 4.98. The van der Waals surface area contributed by atoms with Crippen molar-refractivity contribution in [1.82, 2.24) is 9.55 Å². The van der Waals surface area contributed by atoms with Gasteiger partial charge in [0.1, 0.15) is 0 Å². The molecule has 0 unspecified atom stereocenters. The largest absolute Gasteiger partial charge is 0.378 e. The van der Waals surface area contributed by atoms with Gasteiger partial charge in [-0.15, -0.1) is 0 Å². The predicted molar refractivity (Wildman–Crippen MR) is 80.3 cm³/mol. The van der Waals surface area contributed by atoms with Crippen molar-refractivity contribution in [2.24, 2.45) is 0 Å². The lowest BCUT2D eigenvalue weighted by Gasteiger charge is -2.29. The van der Waals surface area contributed by atoms with Gasteiger partial charge in [-0.05, 0) is 36.5 Å². The number of benzene rings is 1. The van der Waals surface area contributed by atoms with Crippen LogP contribution in [0.25, 0.3) is 5.69 Å². The quantitative estimate of drug-likeness (QED) is 0.856. The van der Waals surface area contributed by atoms with Crippen LogP contribution in [-0.4, -0.2) is 35.9 Å². The summed E-state index contributed by atoms with van der Waals surface area (Å²) in [5.41, 5.74) is 1.92. The fraction of sp³-hybridized carbons (Fsp3) is 0.286. The van der Waals surface area contributed by atoms with Gasteiger partial charge in [-0.3, -0.25) is 14.3 Å². The Labute approximate surface area is 121 Å². The first-order valence-electron chi connectivity index (χ1n) is 6.49. The Morgan fingerprint density at radius 2 is 1.70 bits per heavy atom. The number of hydrogen-bond donors (Lipinski definition) is 1. The van der Waals surface area contributed by atoms with Crippen molar-refractivity contribution < 1.29 is 4.74 Å². The minimum Gasteiger partial charge on any atom is -0.378 e. The molecule has 0 bridgehead atoms. The summed E-state index contributed by atoms with van der Waals surface area (Å²) in [6.07, 6.45) is 1.69. The van der Waals surface area contributed by atoms with Crippen LogP contribution in [0.1, 0.15) is 0 Å². The number of anilines is 1. The van der Waals surface area contributed by atoms with E-state index in [9.17, 15) is 4.79 Å². The van der Waals surface area contributed by atoms with Gasteiger partial charge in [-0.25, -0.2) is 0 Å². The lowest BCUT2D eigenvalue weighted by Crippen LogP contribution is -2.36. The summed E-state index contributed by atoms with van der Waals surface area (Å²) in [4.78, 5) is 16.1. The fourth-order valence-corrected chi connectivity index (χ4v) is 2.53. The van der Waals surface area contributed by atoms with Gasteiger partial charge >= 0.3 is 0 Å². The third kappa shape index (κ3) is 2.66. The number of aromatic nitrogens is 2. The molecule has 0 saturated carbocycles. The second kappa shape index (κ2) is 5.60. The third-order valence-corrected chi connectivity index (χ3v) is 3.63. The Balaban J connectivity index is 1.89. The van der Waals surface area contributed by atoms with E-state index >= 15 is 0 Å². The Morgan fingerprint density at radius 1 is 1.05 bits per heavy atom. The molecule has 1 aliphatic heterocycles. The molecule has 1 saturated heterocycles. The molecule has 104 valence electrons. The Kier molecular flexibility index (Phi) is 3.66. The smallest absolute Gasteiger partial charge is 0.251 e. The van der Waals surface area contributed by atoms with E-state index in [1.54, 1.807) is 10.8 Å². The number of nitrogens with one attached hydrogen (secondary N) is 1. The minimum atomic E-state index is -0.184. The fourth-order valence-electron chi connectivity index (χ4n) is 2.27. The number of morpholine rings is 1. The lowest BCUT2D eigenvalue weighted by molar-refractivity contribution is 0.122. The lowest BCUT2D eigenvalue weighted by atomic mass is 10.2. The van der Waals surface area contributed by atoms with E-state index in [-0.39, 0.29) is 5.56 Å². The van der Waals surface area contributed by atoms with Crippen LogP contribution in [0.3, 0.4) is 0 Å². The summed E-state index contributed by atoms with van der Waals surface area (Å²) < 4.78 is 7.53. The molecule has 1 aliphatic rings. The standard InChI is InChI=1S/C14H15N3O2S/c18-13-5-6-17(14(20)15-13)12-3-1-11(2-4-12)16-7-9-19-10-8-16/h1-6H,7-10H2,(H,15,18,20). The first kappa shape index (κ1) is 13.1. The molecule has 0 spiro atoms. The molecule has 2 aromatic rings. The van der Waals surface area contributed by atoms with Gasteiger partial charge in [0.2, 0.25) is 0 Å². The van der Waals surface area contributed by atoms with Crippen molar-refractivity contribution in [3.63, 3.8) is 0 Å². The predicted octanol–water partition coefficient (Wildman–Crippen LogP) is 1.73. The zero-order valence-electron chi connectivity index (χ0n) is 10.9. The molecule has 1 N–H and O–H groups in total. The topological polar surface area (TPSA) is 50.3 Å². The first-order valence-corrected chi connectivity index (χ1v) is 6.90. The van der Waals surface area contributed by atoms with Crippen LogP contribution >= 0.6 is 12.2 Å². The van der Waals surface area contributed by atoms with Gasteiger partial charge in [-0.2, -0.15) is 0 Å². The Hall–Kier alpha value is -1.92. The van der Waals surface area contributed by atoms with Crippen LogP contribution in [0, 0.1) is 4.77 Å². The molecule has 6 heteroatoms.